The van der Waals surface area contributed by atoms with Crippen molar-refractivity contribution in [3.8, 4) is 0 Å². The predicted molar refractivity (Wildman–Crippen MR) is 117 cm³/mol. The normalized spacial score (nSPS) is 13.3. The minimum atomic E-state index is -1.14. The van der Waals surface area contributed by atoms with Gasteiger partial charge >= 0.3 is 11.9 Å². The third-order valence-corrected chi connectivity index (χ3v) is 4.28. The molecule has 0 radical (unpaired) electrons. The van der Waals surface area contributed by atoms with Crippen LogP contribution in [0.3, 0.4) is 0 Å². The van der Waals surface area contributed by atoms with Crippen molar-refractivity contribution in [3.05, 3.63) is 53.3 Å². The van der Waals surface area contributed by atoms with E-state index in [9.17, 15) is 23.6 Å². The summed E-state index contributed by atoms with van der Waals surface area (Å²) >= 11 is 0. The highest BCUT2D eigenvalue weighted by Crippen LogP contribution is 2.08. The van der Waals surface area contributed by atoms with Crippen molar-refractivity contribution in [1.29, 1.82) is 0 Å². The number of carbonyl (C=O) groups excluding carboxylic acids is 3. The molecule has 33 heavy (non-hydrogen) atoms. The van der Waals surface area contributed by atoms with Crippen LogP contribution in [0.5, 0.6) is 0 Å². The van der Waals surface area contributed by atoms with Crippen LogP contribution in [0, 0.1) is 5.82 Å². The number of pyridine rings is 1. The minimum absolute atomic E-state index is 0.102. The van der Waals surface area contributed by atoms with Crippen LogP contribution in [0.15, 0.2) is 36.1 Å². The Bertz CT molecular complexity index is 931. The quantitative estimate of drug-likeness (QED) is 0.206. The zero-order valence-corrected chi connectivity index (χ0v) is 18.8. The lowest BCUT2D eigenvalue weighted by Crippen LogP contribution is -2.44. The summed E-state index contributed by atoms with van der Waals surface area (Å²) in [6, 6.07) is 1.05. The number of aromatic nitrogens is 1. The number of hydrogen-bond acceptors (Lipinski definition) is 7. The number of amides is 2. The molecule has 0 saturated heterocycles. The van der Waals surface area contributed by atoms with Crippen molar-refractivity contribution in [2.45, 2.75) is 58.7 Å². The average molecular weight is 464 g/mol. The maximum atomic E-state index is 13.5. The van der Waals surface area contributed by atoms with E-state index >= 15 is 0 Å². The van der Waals surface area contributed by atoms with E-state index in [4.69, 9.17) is 15.6 Å². The number of nitrogens with zero attached hydrogens (tertiary/aromatic N) is 1. The second-order valence-corrected chi connectivity index (χ2v) is 6.97. The van der Waals surface area contributed by atoms with Crippen molar-refractivity contribution in [2.24, 2.45) is 5.73 Å². The lowest BCUT2D eigenvalue weighted by Gasteiger charge is -2.18. The highest BCUT2D eigenvalue weighted by molar-refractivity contribution is 6.02. The highest BCUT2D eigenvalue weighted by Gasteiger charge is 2.24. The highest BCUT2D eigenvalue weighted by atomic mass is 19.1. The van der Waals surface area contributed by atoms with Gasteiger partial charge in [-0.2, -0.15) is 0 Å². The van der Waals surface area contributed by atoms with Gasteiger partial charge in [-0.15, -0.1) is 0 Å². The molecule has 0 spiro atoms. The minimum Gasteiger partial charge on any atom is -0.481 e. The van der Waals surface area contributed by atoms with E-state index in [2.05, 4.69) is 15.6 Å². The second-order valence-electron chi connectivity index (χ2n) is 6.97. The molecule has 0 fully saturated rings. The fraction of sp³-hybridized carbons (Fsp3) is 0.409. The molecule has 1 aromatic heterocycles. The number of ether oxygens (including phenoxy) is 1. The van der Waals surface area contributed by atoms with E-state index < -0.39 is 48.1 Å². The van der Waals surface area contributed by atoms with Crippen LogP contribution in [-0.2, 0) is 25.7 Å². The van der Waals surface area contributed by atoms with Gasteiger partial charge in [0.25, 0.3) is 11.8 Å². The van der Waals surface area contributed by atoms with E-state index in [-0.39, 0.29) is 23.6 Å². The smallest absolute Gasteiger partial charge is 0.328 e. The van der Waals surface area contributed by atoms with Crippen molar-refractivity contribution in [3.63, 3.8) is 0 Å². The van der Waals surface area contributed by atoms with Crippen LogP contribution in [0.4, 0.5) is 4.39 Å². The predicted octanol–water partition coefficient (Wildman–Crippen LogP) is 1.56. The first-order valence-corrected chi connectivity index (χ1v) is 10.4. The Labute approximate surface area is 191 Å². The number of hydrogen-bond donors (Lipinski definition) is 4. The molecule has 11 heteroatoms. The number of esters is 1. The van der Waals surface area contributed by atoms with Gasteiger partial charge in [0.1, 0.15) is 29.4 Å². The molecule has 2 amide bonds. The number of aliphatic carboxylic acids is 1. The maximum absolute atomic E-state index is 13.5. The molecule has 0 aromatic carbocycles. The molecule has 10 nitrogen and oxygen atoms in total. The molecule has 0 unspecified atom stereocenters. The third kappa shape index (κ3) is 9.19. The molecule has 1 heterocycles. The number of unbranched alkanes of at least 4 members (excludes halogenated alkanes) is 1. The number of halogens is 1. The Morgan fingerprint density at radius 1 is 1.30 bits per heavy atom. The van der Waals surface area contributed by atoms with Crippen LogP contribution in [0.2, 0.25) is 0 Å². The van der Waals surface area contributed by atoms with Crippen LogP contribution in [0.1, 0.15) is 56.2 Å². The van der Waals surface area contributed by atoms with Gasteiger partial charge in [-0.1, -0.05) is 25.5 Å². The summed E-state index contributed by atoms with van der Waals surface area (Å²) in [5.74, 6) is -4.20. The maximum Gasteiger partial charge on any atom is 0.328 e. The number of carbonyl (C=O) groups is 4. The average Bonchev–Trinajstić information content (AvgIpc) is 2.76. The van der Waals surface area contributed by atoms with Gasteiger partial charge in [0.2, 0.25) is 0 Å². The van der Waals surface area contributed by atoms with Crippen LogP contribution in [-0.4, -0.2) is 46.0 Å². The molecule has 1 aromatic rings. The van der Waals surface area contributed by atoms with Gasteiger partial charge in [-0.3, -0.25) is 14.4 Å². The largest absolute Gasteiger partial charge is 0.481 e. The fourth-order valence-electron chi connectivity index (χ4n) is 2.52. The van der Waals surface area contributed by atoms with E-state index in [1.165, 1.54) is 26.0 Å². The zero-order valence-electron chi connectivity index (χ0n) is 18.8. The Morgan fingerprint density at radius 3 is 2.58 bits per heavy atom. The van der Waals surface area contributed by atoms with Crippen LogP contribution >= 0.6 is 0 Å². The number of rotatable bonds is 12. The standard InChI is InChI=1S/C22H29FN4O6/c1-4-6-7-8-14(11-19(28)29)33-22(32)13(3)25-20(30)16(5-2)27-21(31)17-10-9-15(23)18(12-24)26-17/h5,7-10,13-14H,4,6,11-12,24H2,1-3H3,(H,25,30)(H,27,31)(H,28,29)/b8-7+,16-5-/t13-,14+/m0/s1. The van der Waals surface area contributed by atoms with E-state index in [1.807, 2.05) is 6.92 Å². The number of nitrogens with two attached hydrogens (primary N) is 1. The molecule has 0 saturated carbocycles. The van der Waals surface area contributed by atoms with Crippen molar-refractivity contribution >= 4 is 23.8 Å². The van der Waals surface area contributed by atoms with Gasteiger partial charge in [-0.05, 0) is 38.5 Å². The molecule has 0 bridgehead atoms. The third-order valence-electron chi connectivity index (χ3n) is 4.28. The van der Waals surface area contributed by atoms with Crippen molar-refractivity contribution < 1.29 is 33.4 Å². The molecular weight excluding hydrogens is 435 g/mol. The summed E-state index contributed by atoms with van der Waals surface area (Å²) in [7, 11) is 0. The Balaban J connectivity index is 2.78. The Morgan fingerprint density at radius 2 is 2.00 bits per heavy atom. The molecular formula is C22H29FN4O6. The van der Waals surface area contributed by atoms with Gasteiger partial charge in [-0.25, -0.2) is 14.2 Å². The summed E-state index contributed by atoms with van der Waals surface area (Å²) in [5, 5.41) is 13.7. The summed E-state index contributed by atoms with van der Waals surface area (Å²) in [5.41, 5.74) is 4.96. The zero-order chi connectivity index (χ0) is 25.0. The lowest BCUT2D eigenvalue weighted by molar-refractivity contribution is -0.153. The summed E-state index contributed by atoms with van der Waals surface area (Å²) in [6.45, 7) is 4.59. The fourth-order valence-corrected chi connectivity index (χ4v) is 2.52. The van der Waals surface area contributed by atoms with E-state index in [0.29, 0.717) is 6.42 Å². The molecule has 5 N–H and O–H groups in total. The van der Waals surface area contributed by atoms with Gasteiger partial charge in [0.15, 0.2) is 0 Å². The van der Waals surface area contributed by atoms with Crippen LogP contribution in [0.25, 0.3) is 0 Å². The molecule has 180 valence electrons. The second kappa shape index (κ2) is 13.7. The van der Waals surface area contributed by atoms with Crippen molar-refractivity contribution in [1.82, 2.24) is 15.6 Å². The summed E-state index contributed by atoms with van der Waals surface area (Å²) < 4.78 is 18.7. The first-order chi connectivity index (χ1) is 15.6. The topological polar surface area (TPSA) is 161 Å². The van der Waals surface area contributed by atoms with Crippen molar-refractivity contribution in [2.75, 3.05) is 0 Å². The Kier molecular flexibility index (Phi) is 11.4. The number of allylic oxidation sites excluding steroid dienone is 2. The number of nitrogens with one attached hydrogen (secondary N) is 2. The first kappa shape index (κ1) is 27.4. The van der Waals surface area contributed by atoms with E-state index in [1.54, 1.807) is 6.08 Å². The summed E-state index contributed by atoms with van der Waals surface area (Å²) in [4.78, 5) is 52.0. The monoisotopic (exact) mass is 464 g/mol. The van der Waals surface area contributed by atoms with Gasteiger partial charge in [0, 0.05) is 6.54 Å². The van der Waals surface area contributed by atoms with Gasteiger partial charge in [0.05, 0.1) is 12.1 Å². The molecule has 1 rings (SSSR count). The number of carboxylic acids is 1. The summed E-state index contributed by atoms with van der Waals surface area (Å²) in [6.07, 6.45) is 4.65. The number of carboxylic acid groups (broad SMARTS) is 1. The Hall–Kier alpha value is -3.60. The molecule has 2 atom stereocenters. The SMILES string of the molecule is C/C=C(\NC(=O)c1ccc(F)c(CN)n1)C(=O)N[C@@H](C)C(=O)O[C@H](/C=C/CCC)CC(=O)O. The van der Waals surface area contributed by atoms with Crippen LogP contribution < -0.4 is 16.4 Å². The van der Waals surface area contributed by atoms with E-state index in [0.717, 1.165) is 18.6 Å². The first-order valence-electron chi connectivity index (χ1n) is 10.4. The van der Waals surface area contributed by atoms with Gasteiger partial charge < -0.3 is 26.2 Å². The molecule has 0 aliphatic heterocycles. The molecule has 0 aliphatic rings. The molecule has 0 aliphatic carbocycles. The lowest BCUT2D eigenvalue weighted by atomic mass is 10.2.